The highest BCUT2D eigenvalue weighted by molar-refractivity contribution is 5.76. The third-order valence-electron chi connectivity index (χ3n) is 4.39. The number of hydrogen-bond acceptors (Lipinski definition) is 5. The second kappa shape index (κ2) is 8.03. The molecule has 0 N–H and O–H groups in total. The first kappa shape index (κ1) is 18.0. The van der Waals surface area contributed by atoms with E-state index in [0.717, 1.165) is 31.7 Å². The van der Waals surface area contributed by atoms with Gasteiger partial charge < -0.3 is 14.4 Å². The van der Waals surface area contributed by atoms with Gasteiger partial charge in [-0.15, -0.1) is 0 Å². The fourth-order valence-electron chi connectivity index (χ4n) is 2.98. The molecule has 138 valence electrons. The zero-order valence-corrected chi connectivity index (χ0v) is 15.1. The van der Waals surface area contributed by atoms with Crippen LogP contribution < -0.4 is 15.0 Å². The lowest BCUT2D eigenvalue weighted by Gasteiger charge is -2.18. The van der Waals surface area contributed by atoms with Crippen molar-refractivity contribution >= 4 is 5.91 Å². The summed E-state index contributed by atoms with van der Waals surface area (Å²) in [6, 6.07) is 8.60. The van der Waals surface area contributed by atoms with Gasteiger partial charge in [0.15, 0.2) is 0 Å². The first-order chi connectivity index (χ1) is 12.6. The topological polar surface area (TPSA) is 73.7 Å². The number of methoxy groups -OCH3 is 1. The van der Waals surface area contributed by atoms with Gasteiger partial charge in [0.2, 0.25) is 5.91 Å². The third kappa shape index (κ3) is 4.22. The van der Waals surface area contributed by atoms with Gasteiger partial charge in [-0.1, -0.05) is 0 Å². The van der Waals surface area contributed by atoms with Crippen LogP contribution in [0.4, 0.5) is 0 Å². The van der Waals surface area contributed by atoms with E-state index < -0.39 is 0 Å². The Kier molecular flexibility index (Phi) is 5.55. The van der Waals surface area contributed by atoms with Crippen LogP contribution >= 0.6 is 0 Å². The second-order valence-electron chi connectivity index (χ2n) is 6.29. The van der Waals surface area contributed by atoms with E-state index in [2.05, 4.69) is 4.98 Å². The summed E-state index contributed by atoms with van der Waals surface area (Å²) in [5, 5.41) is 0. The van der Waals surface area contributed by atoms with E-state index in [4.69, 9.17) is 9.47 Å². The number of aromatic nitrogens is 2. The molecule has 1 fully saturated rings. The van der Waals surface area contributed by atoms with Gasteiger partial charge in [-0.3, -0.25) is 14.2 Å². The Bertz CT molecular complexity index is 824. The fourth-order valence-corrected chi connectivity index (χ4v) is 2.98. The van der Waals surface area contributed by atoms with E-state index in [0.29, 0.717) is 17.3 Å². The molecule has 1 aliphatic heterocycles. The number of likely N-dealkylation sites (tertiary alicyclic amines) is 1. The molecule has 26 heavy (non-hydrogen) atoms. The van der Waals surface area contributed by atoms with E-state index >= 15 is 0 Å². The van der Waals surface area contributed by atoms with Crippen LogP contribution in [0.3, 0.4) is 0 Å². The van der Waals surface area contributed by atoms with Crippen molar-refractivity contribution in [2.75, 3.05) is 20.2 Å². The first-order valence-corrected chi connectivity index (χ1v) is 8.69. The predicted octanol–water partition coefficient (Wildman–Crippen LogP) is 1.76. The highest BCUT2D eigenvalue weighted by Gasteiger charge is 2.20. The average Bonchev–Trinajstić information content (AvgIpc) is 3.17. The summed E-state index contributed by atoms with van der Waals surface area (Å²) >= 11 is 0. The third-order valence-corrected chi connectivity index (χ3v) is 4.39. The van der Waals surface area contributed by atoms with Crippen molar-refractivity contribution in [2.24, 2.45) is 0 Å². The second-order valence-corrected chi connectivity index (χ2v) is 6.29. The van der Waals surface area contributed by atoms with Crippen molar-refractivity contribution in [3.8, 4) is 11.5 Å². The van der Waals surface area contributed by atoms with Crippen LogP contribution in [0.5, 0.6) is 11.5 Å². The molecule has 1 aliphatic rings. The number of benzene rings is 1. The molecule has 0 saturated carbocycles. The van der Waals surface area contributed by atoms with Crippen LogP contribution in [0.1, 0.15) is 24.4 Å². The Hall–Kier alpha value is -2.83. The Balaban J connectivity index is 1.76. The lowest BCUT2D eigenvalue weighted by molar-refractivity contribution is -0.130. The summed E-state index contributed by atoms with van der Waals surface area (Å²) < 4.78 is 12.3. The molecule has 7 nitrogen and oxygen atoms in total. The minimum atomic E-state index is -0.238. The van der Waals surface area contributed by atoms with E-state index in [1.54, 1.807) is 43.2 Å². The summed E-state index contributed by atoms with van der Waals surface area (Å²) in [5.74, 6) is 1.76. The largest absolute Gasteiger partial charge is 0.497 e. The average molecular weight is 357 g/mol. The zero-order valence-electron chi connectivity index (χ0n) is 15.1. The molecule has 1 aromatic carbocycles. The Morgan fingerprint density at radius 1 is 1.15 bits per heavy atom. The normalized spacial score (nSPS) is 13.7. The van der Waals surface area contributed by atoms with Gasteiger partial charge in [0, 0.05) is 24.8 Å². The van der Waals surface area contributed by atoms with Crippen LogP contribution in [-0.4, -0.2) is 40.6 Å². The number of hydrogen-bond donors (Lipinski definition) is 0. The van der Waals surface area contributed by atoms with E-state index in [1.165, 1.54) is 10.6 Å². The van der Waals surface area contributed by atoms with E-state index in [9.17, 15) is 9.59 Å². The maximum atomic E-state index is 12.4. The monoisotopic (exact) mass is 357 g/mol. The van der Waals surface area contributed by atoms with Gasteiger partial charge >= 0.3 is 0 Å². The standard InChI is InChI=1S/C19H23N3O4/c1-14-11-18(23)22(12-19(24)21-9-3-4-10-21)17(20-14)13-26-16-7-5-15(25-2)6-8-16/h5-8,11H,3-4,9-10,12-13H2,1-2H3. The molecule has 2 aromatic rings. The summed E-state index contributed by atoms with van der Waals surface area (Å²) in [5.41, 5.74) is 0.367. The van der Waals surface area contributed by atoms with E-state index in [1.807, 2.05) is 0 Å². The van der Waals surface area contributed by atoms with Gasteiger partial charge in [0.1, 0.15) is 30.5 Å². The van der Waals surface area contributed by atoms with Crippen LogP contribution in [0.25, 0.3) is 0 Å². The highest BCUT2D eigenvalue weighted by atomic mass is 16.5. The van der Waals surface area contributed by atoms with Crippen LogP contribution in [0.15, 0.2) is 35.1 Å². The predicted molar refractivity (Wildman–Crippen MR) is 96.4 cm³/mol. The number of carbonyl (C=O) groups excluding carboxylic acids is 1. The van der Waals surface area contributed by atoms with Crippen molar-refractivity contribution in [2.45, 2.75) is 32.9 Å². The van der Waals surface area contributed by atoms with Crippen LogP contribution in [0, 0.1) is 6.92 Å². The molecular formula is C19H23N3O4. The molecule has 0 bridgehead atoms. The number of carbonyl (C=O) groups is 1. The van der Waals surface area contributed by atoms with Crippen molar-refractivity contribution < 1.29 is 14.3 Å². The number of aryl methyl sites for hydroxylation is 1. The van der Waals surface area contributed by atoms with E-state index in [-0.39, 0.29) is 24.6 Å². The molecule has 0 radical (unpaired) electrons. The van der Waals surface area contributed by atoms with Crippen molar-refractivity contribution in [3.63, 3.8) is 0 Å². The molecule has 1 saturated heterocycles. The number of ether oxygens (including phenoxy) is 2. The Morgan fingerprint density at radius 3 is 2.46 bits per heavy atom. The first-order valence-electron chi connectivity index (χ1n) is 8.69. The molecule has 0 spiro atoms. The Labute approximate surface area is 152 Å². The zero-order chi connectivity index (χ0) is 18.5. The number of rotatable bonds is 6. The maximum Gasteiger partial charge on any atom is 0.254 e. The summed E-state index contributed by atoms with van der Waals surface area (Å²) in [7, 11) is 1.60. The van der Waals surface area contributed by atoms with Crippen LogP contribution in [-0.2, 0) is 17.9 Å². The lowest BCUT2D eigenvalue weighted by atomic mass is 10.3. The SMILES string of the molecule is COc1ccc(OCc2nc(C)cc(=O)n2CC(=O)N2CCCC2)cc1. The molecule has 2 heterocycles. The van der Waals surface area contributed by atoms with Crippen molar-refractivity contribution in [1.82, 2.24) is 14.5 Å². The van der Waals surface area contributed by atoms with Crippen molar-refractivity contribution in [3.05, 3.63) is 52.2 Å². The van der Waals surface area contributed by atoms with Gasteiger partial charge in [-0.05, 0) is 44.0 Å². The molecule has 0 aliphatic carbocycles. The van der Waals surface area contributed by atoms with Gasteiger partial charge in [-0.2, -0.15) is 0 Å². The smallest absolute Gasteiger partial charge is 0.254 e. The Morgan fingerprint density at radius 2 is 1.81 bits per heavy atom. The quantitative estimate of drug-likeness (QED) is 0.788. The molecule has 7 heteroatoms. The number of nitrogens with zero attached hydrogens (tertiary/aromatic N) is 3. The highest BCUT2D eigenvalue weighted by Crippen LogP contribution is 2.18. The summed E-state index contributed by atoms with van der Waals surface area (Å²) in [6.07, 6.45) is 2.03. The van der Waals surface area contributed by atoms with Gasteiger partial charge in [0.05, 0.1) is 7.11 Å². The minimum Gasteiger partial charge on any atom is -0.497 e. The maximum absolute atomic E-state index is 12.4. The fraction of sp³-hybridized carbons (Fsp3) is 0.421. The molecule has 0 atom stereocenters. The van der Waals surface area contributed by atoms with Gasteiger partial charge in [-0.25, -0.2) is 4.98 Å². The van der Waals surface area contributed by atoms with Crippen LogP contribution in [0.2, 0.25) is 0 Å². The van der Waals surface area contributed by atoms with Gasteiger partial charge in [0.25, 0.3) is 5.56 Å². The van der Waals surface area contributed by atoms with Crippen molar-refractivity contribution in [1.29, 1.82) is 0 Å². The molecule has 1 amide bonds. The summed E-state index contributed by atoms with van der Waals surface area (Å²) in [6.45, 7) is 3.37. The lowest BCUT2D eigenvalue weighted by Crippen LogP contribution is -2.36. The minimum absolute atomic E-state index is 0.00653. The number of amides is 1. The molecule has 3 rings (SSSR count). The summed E-state index contributed by atoms with van der Waals surface area (Å²) in [4.78, 5) is 31.0. The molecule has 0 unspecified atom stereocenters. The molecular weight excluding hydrogens is 334 g/mol. The molecule has 1 aromatic heterocycles.